The van der Waals surface area contributed by atoms with Crippen molar-refractivity contribution < 1.29 is 0 Å². The SMILES string of the molecule is C=C/C=C\C(=C)Cc1cc(/C=C\C=C)c(C)c(C(=C)c2cc(C)cc(C=C)c2)c1.CSC. The molecule has 1 heteroatoms. The number of hydrogen-bond acceptors (Lipinski definition) is 1. The van der Waals surface area contributed by atoms with E-state index < -0.39 is 0 Å². The van der Waals surface area contributed by atoms with Crippen molar-refractivity contribution in [1.29, 1.82) is 0 Å². The Labute approximate surface area is 200 Å². The van der Waals surface area contributed by atoms with Gasteiger partial charge in [-0.2, -0.15) is 11.8 Å². The Kier molecular flexibility index (Phi) is 11.9. The molecule has 0 bridgehead atoms. The van der Waals surface area contributed by atoms with Gasteiger partial charge in [-0.1, -0.05) is 105 Å². The molecule has 2 aromatic carbocycles. The summed E-state index contributed by atoms with van der Waals surface area (Å²) in [6.07, 6.45) is 18.3. The highest BCUT2D eigenvalue weighted by atomic mass is 32.2. The lowest BCUT2D eigenvalue weighted by molar-refractivity contribution is 1.19. The maximum atomic E-state index is 4.44. The Hall–Kier alpha value is -3.03. The van der Waals surface area contributed by atoms with Gasteiger partial charge < -0.3 is 0 Å². The monoisotopic (exact) mass is 440 g/mol. The smallest absolute Gasteiger partial charge is 0.00312 e. The lowest BCUT2D eigenvalue weighted by Gasteiger charge is -2.16. The van der Waals surface area contributed by atoms with E-state index in [9.17, 15) is 0 Å². The number of rotatable bonds is 9. The molecule has 2 rings (SSSR count). The Bertz CT molecular complexity index is 1040. The van der Waals surface area contributed by atoms with Gasteiger partial charge in [0.25, 0.3) is 0 Å². The highest BCUT2D eigenvalue weighted by Gasteiger charge is 2.12. The van der Waals surface area contributed by atoms with Crippen LogP contribution in [0.3, 0.4) is 0 Å². The molecule has 0 heterocycles. The fourth-order valence-corrected chi connectivity index (χ4v) is 3.34. The standard InChI is InChI=1S/C29H30.C2H6S/c1-8-11-13-21(4)15-26-19-27(14-12-9-2)23(6)29(20-26)24(7)28-17-22(5)16-25(10-3)18-28;1-3-2/h8-14,16-20H,1-4,7,15H2,5-6H3;1-2H3/b13-11-,14-12-;. The summed E-state index contributed by atoms with van der Waals surface area (Å²) in [7, 11) is 0. The zero-order valence-electron chi connectivity index (χ0n) is 20.1. The van der Waals surface area contributed by atoms with Crippen LogP contribution in [0.5, 0.6) is 0 Å². The number of hydrogen-bond donors (Lipinski definition) is 0. The molecule has 0 aliphatic rings. The van der Waals surface area contributed by atoms with E-state index >= 15 is 0 Å². The van der Waals surface area contributed by atoms with Crippen molar-refractivity contribution in [3.63, 3.8) is 0 Å². The van der Waals surface area contributed by atoms with Gasteiger partial charge >= 0.3 is 0 Å². The van der Waals surface area contributed by atoms with Gasteiger partial charge in [0.2, 0.25) is 0 Å². The largest absolute Gasteiger partial charge is 0.169 e. The molecule has 0 fully saturated rings. The fraction of sp³-hybridized carbons (Fsp3) is 0.161. The van der Waals surface area contributed by atoms with Gasteiger partial charge in [-0.3, -0.25) is 0 Å². The minimum Gasteiger partial charge on any atom is -0.169 e. The van der Waals surface area contributed by atoms with Crippen LogP contribution in [0, 0.1) is 13.8 Å². The first kappa shape index (κ1) is 27.0. The van der Waals surface area contributed by atoms with E-state index in [1.54, 1.807) is 23.9 Å². The second-order valence-corrected chi connectivity index (χ2v) is 8.42. The molecule has 0 N–H and O–H groups in total. The van der Waals surface area contributed by atoms with Crippen molar-refractivity contribution in [2.75, 3.05) is 12.5 Å². The second-order valence-electron chi connectivity index (χ2n) is 7.61. The number of benzene rings is 2. The van der Waals surface area contributed by atoms with Crippen LogP contribution in [0.4, 0.5) is 0 Å². The normalized spacial score (nSPS) is 10.5. The quantitative estimate of drug-likeness (QED) is 0.350. The molecule has 0 radical (unpaired) electrons. The lowest BCUT2D eigenvalue weighted by atomic mass is 9.88. The van der Waals surface area contributed by atoms with Crippen LogP contribution in [0.15, 0.2) is 99.2 Å². The predicted octanol–water partition coefficient (Wildman–Crippen LogP) is 9.03. The Morgan fingerprint density at radius 3 is 2.16 bits per heavy atom. The van der Waals surface area contributed by atoms with Gasteiger partial charge in [0.15, 0.2) is 0 Å². The molecular formula is C31H36S. The number of allylic oxidation sites excluding steroid dienone is 6. The van der Waals surface area contributed by atoms with Crippen LogP contribution in [0.1, 0.15) is 38.9 Å². The van der Waals surface area contributed by atoms with E-state index in [0.717, 1.165) is 39.8 Å². The molecule has 166 valence electrons. The molecule has 0 saturated carbocycles. The van der Waals surface area contributed by atoms with E-state index in [1.165, 1.54) is 16.7 Å². The van der Waals surface area contributed by atoms with Gasteiger partial charge in [0.05, 0.1) is 0 Å². The fourth-order valence-electron chi connectivity index (χ4n) is 3.34. The first-order valence-corrected chi connectivity index (χ1v) is 12.2. The van der Waals surface area contributed by atoms with Crippen molar-refractivity contribution >= 4 is 29.5 Å². The molecule has 0 atom stereocenters. The molecular weight excluding hydrogens is 404 g/mol. The summed E-state index contributed by atoms with van der Waals surface area (Å²) in [5, 5.41) is 0. The van der Waals surface area contributed by atoms with E-state index in [1.807, 2.05) is 36.8 Å². The van der Waals surface area contributed by atoms with Crippen molar-refractivity contribution in [3.05, 3.63) is 138 Å². The number of thioether (sulfide) groups is 1. The zero-order chi connectivity index (χ0) is 24.1. The Balaban J connectivity index is 0.00000161. The van der Waals surface area contributed by atoms with Gasteiger partial charge in [0.1, 0.15) is 0 Å². The summed E-state index contributed by atoms with van der Waals surface area (Å²) in [5.41, 5.74) is 10.2. The van der Waals surface area contributed by atoms with Crippen LogP contribution in [-0.2, 0) is 6.42 Å². The predicted molar refractivity (Wildman–Crippen MR) is 151 cm³/mol. The third kappa shape index (κ3) is 8.24. The van der Waals surface area contributed by atoms with E-state index in [2.05, 4.69) is 83.2 Å². The van der Waals surface area contributed by atoms with Gasteiger partial charge in [0, 0.05) is 0 Å². The summed E-state index contributed by atoms with van der Waals surface area (Å²) in [6, 6.07) is 10.9. The lowest BCUT2D eigenvalue weighted by Crippen LogP contribution is -1.98. The van der Waals surface area contributed by atoms with E-state index in [-0.39, 0.29) is 0 Å². The molecule has 0 amide bonds. The molecule has 0 spiro atoms. The van der Waals surface area contributed by atoms with Gasteiger partial charge in [-0.05, 0) is 83.4 Å². The maximum Gasteiger partial charge on any atom is -0.00312 e. The highest BCUT2D eigenvalue weighted by Crippen LogP contribution is 2.30. The summed E-state index contributed by atoms with van der Waals surface area (Å²) >= 11 is 1.75. The second kappa shape index (κ2) is 14.1. The molecule has 0 aliphatic heterocycles. The molecule has 0 aromatic heterocycles. The Morgan fingerprint density at radius 1 is 0.906 bits per heavy atom. The maximum absolute atomic E-state index is 4.44. The van der Waals surface area contributed by atoms with Crippen molar-refractivity contribution in [2.45, 2.75) is 20.3 Å². The van der Waals surface area contributed by atoms with Gasteiger partial charge in [-0.15, -0.1) is 0 Å². The molecule has 0 unspecified atom stereocenters. The first-order valence-electron chi connectivity index (χ1n) is 10.5. The highest BCUT2D eigenvalue weighted by molar-refractivity contribution is 7.97. The van der Waals surface area contributed by atoms with Crippen LogP contribution in [-0.4, -0.2) is 12.5 Å². The summed E-state index contributed by atoms with van der Waals surface area (Å²) in [6.45, 7) is 24.3. The molecule has 32 heavy (non-hydrogen) atoms. The molecule has 2 aromatic rings. The molecule has 0 saturated heterocycles. The van der Waals surface area contributed by atoms with Crippen LogP contribution in [0.25, 0.3) is 17.7 Å². The van der Waals surface area contributed by atoms with Crippen molar-refractivity contribution in [2.24, 2.45) is 0 Å². The zero-order valence-corrected chi connectivity index (χ0v) is 20.9. The summed E-state index contributed by atoms with van der Waals surface area (Å²) in [5.74, 6) is 0. The first-order chi connectivity index (χ1) is 15.3. The van der Waals surface area contributed by atoms with Gasteiger partial charge in [-0.25, -0.2) is 0 Å². The third-order valence-electron chi connectivity index (χ3n) is 4.83. The number of aryl methyl sites for hydroxylation is 1. The summed E-state index contributed by atoms with van der Waals surface area (Å²) < 4.78 is 0. The minimum absolute atomic E-state index is 0.769. The van der Waals surface area contributed by atoms with E-state index in [0.29, 0.717) is 0 Å². The Morgan fingerprint density at radius 2 is 1.56 bits per heavy atom. The summed E-state index contributed by atoms with van der Waals surface area (Å²) in [4.78, 5) is 0. The van der Waals surface area contributed by atoms with Crippen molar-refractivity contribution in [3.8, 4) is 0 Å². The van der Waals surface area contributed by atoms with Crippen molar-refractivity contribution in [1.82, 2.24) is 0 Å². The van der Waals surface area contributed by atoms with E-state index in [4.69, 9.17) is 0 Å². The molecule has 0 aliphatic carbocycles. The topological polar surface area (TPSA) is 0 Å². The minimum atomic E-state index is 0.769. The van der Waals surface area contributed by atoms with Crippen LogP contribution in [0.2, 0.25) is 0 Å². The van der Waals surface area contributed by atoms with Crippen LogP contribution < -0.4 is 0 Å². The average molecular weight is 441 g/mol. The van der Waals surface area contributed by atoms with Crippen LogP contribution >= 0.6 is 11.8 Å². The molecule has 0 nitrogen and oxygen atoms in total. The third-order valence-corrected chi connectivity index (χ3v) is 4.83. The average Bonchev–Trinajstić information content (AvgIpc) is 2.77.